The largest absolute Gasteiger partial charge is 0.493 e. The summed E-state index contributed by atoms with van der Waals surface area (Å²) in [6, 6.07) is 3.36. The lowest BCUT2D eigenvalue weighted by Crippen LogP contribution is -2.52. The monoisotopic (exact) mass is 343 g/mol. The quantitative estimate of drug-likeness (QED) is 0.817. The molecule has 0 amide bonds. The maximum atomic E-state index is 12.4. The molecule has 6 nitrogen and oxygen atoms in total. The number of allylic oxidation sites excluding steroid dienone is 4. The Kier molecular flexibility index (Phi) is 4.41. The molecule has 0 radical (unpaired) electrons. The van der Waals surface area contributed by atoms with Crippen molar-refractivity contribution in [2.45, 2.75) is 38.4 Å². The van der Waals surface area contributed by atoms with Crippen LogP contribution in [-0.2, 0) is 14.3 Å². The van der Waals surface area contributed by atoms with Gasteiger partial charge in [-0.2, -0.15) is 0 Å². The zero-order valence-electron chi connectivity index (χ0n) is 14.4. The Balaban J connectivity index is 2.20. The number of carbonyl (C=O) groups excluding carboxylic acids is 1. The first kappa shape index (κ1) is 17.3. The van der Waals surface area contributed by atoms with Gasteiger partial charge in [0.2, 0.25) is 0 Å². The van der Waals surface area contributed by atoms with E-state index in [1.165, 1.54) is 6.20 Å². The van der Waals surface area contributed by atoms with E-state index in [9.17, 15) is 14.7 Å². The third-order valence-corrected chi connectivity index (χ3v) is 4.69. The first-order valence-corrected chi connectivity index (χ1v) is 8.25. The van der Waals surface area contributed by atoms with Gasteiger partial charge in [-0.1, -0.05) is 6.07 Å². The molecule has 25 heavy (non-hydrogen) atoms. The number of aliphatic hydroxyl groups is 1. The Bertz CT molecular complexity index is 841. The van der Waals surface area contributed by atoms with E-state index in [-0.39, 0.29) is 11.1 Å². The normalized spacial score (nSPS) is 27.4. The molecule has 6 heteroatoms. The summed E-state index contributed by atoms with van der Waals surface area (Å²) >= 11 is 0. The first-order valence-electron chi connectivity index (χ1n) is 8.25. The van der Waals surface area contributed by atoms with Gasteiger partial charge in [0.15, 0.2) is 0 Å². The van der Waals surface area contributed by atoms with Crippen LogP contribution in [0.25, 0.3) is 0 Å². The summed E-state index contributed by atoms with van der Waals surface area (Å²) in [6.45, 7) is 5.71. The molecule has 3 unspecified atom stereocenters. The summed E-state index contributed by atoms with van der Waals surface area (Å²) in [5.41, 5.74) is -0.573. The van der Waals surface area contributed by atoms with Gasteiger partial charge in [-0.05, 0) is 39.0 Å². The molecule has 0 spiro atoms. The Morgan fingerprint density at radius 1 is 1.40 bits per heavy atom. The van der Waals surface area contributed by atoms with Crippen LogP contribution in [0.3, 0.4) is 0 Å². The molecule has 2 heterocycles. The molecular weight excluding hydrogens is 322 g/mol. The molecule has 132 valence electrons. The van der Waals surface area contributed by atoms with Gasteiger partial charge >= 0.3 is 0 Å². The topological polar surface area (TPSA) is 88.6 Å². The number of fused-ring (bicyclic) bond motifs is 1. The molecule has 1 fully saturated rings. The maximum Gasteiger partial charge on any atom is 0.251 e. The highest BCUT2D eigenvalue weighted by atomic mass is 16.5. The SMILES string of the molecule is CCOC1=CC=C2OC(C)(C)C(O)C(c3ccc[nH]c3=O)C2C1=C=O. The summed E-state index contributed by atoms with van der Waals surface area (Å²) in [6.07, 6.45) is 3.93. The Labute approximate surface area is 145 Å². The Morgan fingerprint density at radius 2 is 2.16 bits per heavy atom. The van der Waals surface area contributed by atoms with Gasteiger partial charge in [0.1, 0.15) is 29.2 Å². The average Bonchev–Trinajstić information content (AvgIpc) is 2.57. The third-order valence-electron chi connectivity index (χ3n) is 4.69. The van der Waals surface area contributed by atoms with Crippen molar-refractivity contribution in [3.05, 3.63) is 63.5 Å². The van der Waals surface area contributed by atoms with Crippen molar-refractivity contribution in [2.75, 3.05) is 6.61 Å². The van der Waals surface area contributed by atoms with Crippen LogP contribution in [0.2, 0.25) is 0 Å². The minimum atomic E-state index is -0.998. The van der Waals surface area contributed by atoms with Crippen LogP contribution in [0.5, 0.6) is 0 Å². The molecule has 0 saturated carbocycles. The Hall–Kier alpha value is -2.56. The fourth-order valence-corrected chi connectivity index (χ4v) is 3.52. The predicted molar refractivity (Wildman–Crippen MR) is 91.5 cm³/mol. The lowest BCUT2D eigenvalue weighted by Gasteiger charge is -2.47. The number of aliphatic hydroxyl groups excluding tert-OH is 1. The van der Waals surface area contributed by atoms with E-state index in [1.807, 2.05) is 12.9 Å². The number of pyridine rings is 1. The highest BCUT2D eigenvalue weighted by molar-refractivity contribution is 5.65. The number of hydrogen-bond donors (Lipinski definition) is 2. The van der Waals surface area contributed by atoms with Gasteiger partial charge in [-0.3, -0.25) is 4.79 Å². The summed E-state index contributed by atoms with van der Waals surface area (Å²) in [5, 5.41) is 10.9. The average molecular weight is 343 g/mol. The molecule has 2 aliphatic rings. The van der Waals surface area contributed by atoms with Crippen LogP contribution in [0.4, 0.5) is 0 Å². The number of aromatic nitrogens is 1. The molecule has 1 aromatic rings. The van der Waals surface area contributed by atoms with Crippen LogP contribution in [0.15, 0.2) is 52.4 Å². The molecule has 1 aliphatic carbocycles. The van der Waals surface area contributed by atoms with E-state index < -0.39 is 23.5 Å². The van der Waals surface area contributed by atoms with E-state index in [0.29, 0.717) is 23.7 Å². The maximum absolute atomic E-state index is 12.4. The molecule has 1 saturated heterocycles. The van der Waals surface area contributed by atoms with Gasteiger partial charge in [-0.15, -0.1) is 0 Å². The third kappa shape index (κ3) is 2.84. The highest BCUT2D eigenvalue weighted by Crippen LogP contribution is 2.49. The molecule has 1 aromatic heterocycles. The number of nitrogens with one attached hydrogen (secondary N) is 1. The van der Waals surface area contributed by atoms with Gasteiger partial charge in [0, 0.05) is 17.7 Å². The standard InChI is InChI=1S/C19H21NO5/c1-4-24-13-7-8-14-15(12(13)10-21)16(17(22)19(2,3)25-14)11-6-5-9-20-18(11)23/h5-9,15-17,22H,4H2,1-3H3,(H,20,23). The van der Waals surface area contributed by atoms with Crippen molar-refractivity contribution >= 4 is 5.94 Å². The number of ether oxygens (including phenoxy) is 2. The van der Waals surface area contributed by atoms with Crippen molar-refractivity contribution in [2.24, 2.45) is 5.92 Å². The van der Waals surface area contributed by atoms with Crippen LogP contribution >= 0.6 is 0 Å². The van der Waals surface area contributed by atoms with Gasteiger partial charge < -0.3 is 19.6 Å². The summed E-state index contributed by atoms with van der Waals surface area (Å²) in [5.74, 6) is 1.56. The molecular formula is C19H21NO5. The first-order chi connectivity index (χ1) is 11.9. The highest BCUT2D eigenvalue weighted by Gasteiger charge is 2.51. The molecule has 0 aromatic carbocycles. The van der Waals surface area contributed by atoms with Crippen molar-refractivity contribution < 1.29 is 19.4 Å². The minimum Gasteiger partial charge on any atom is -0.493 e. The molecule has 3 atom stereocenters. The zero-order valence-corrected chi connectivity index (χ0v) is 14.4. The van der Waals surface area contributed by atoms with E-state index in [2.05, 4.69) is 4.98 Å². The molecule has 3 rings (SSSR count). The smallest absolute Gasteiger partial charge is 0.251 e. The van der Waals surface area contributed by atoms with Gasteiger partial charge in [0.05, 0.1) is 18.1 Å². The fourth-order valence-electron chi connectivity index (χ4n) is 3.52. The van der Waals surface area contributed by atoms with Crippen molar-refractivity contribution in [1.29, 1.82) is 0 Å². The van der Waals surface area contributed by atoms with E-state index in [0.717, 1.165) is 0 Å². The molecule has 2 N–H and O–H groups in total. The van der Waals surface area contributed by atoms with Crippen molar-refractivity contribution in [1.82, 2.24) is 4.98 Å². The molecule has 0 bridgehead atoms. The number of hydrogen-bond acceptors (Lipinski definition) is 5. The second-order valence-electron chi connectivity index (χ2n) is 6.66. The lowest BCUT2D eigenvalue weighted by molar-refractivity contribution is -0.124. The number of aromatic amines is 1. The Morgan fingerprint density at radius 3 is 2.80 bits per heavy atom. The minimum absolute atomic E-state index is 0.252. The fraction of sp³-hybridized carbons (Fsp3) is 0.421. The summed E-state index contributed by atoms with van der Waals surface area (Å²) in [7, 11) is 0. The van der Waals surface area contributed by atoms with Crippen molar-refractivity contribution in [3.8, 4) is 0 Å². The second-order valence-corrected chi connectivity index (χ2v) is 6.66. The predicted octanol–water partition coefficient (Wildman–Crippen LogP) is 1.82. The zero-order chi connectivity index (χ0) is 18.2. The van der Waals surface area contributed by atoms with E-state index in [4.69, 9.17) is 9.47 Å². The van der Waals surface area contributed by atoms with Gasteiger partial charge in [-0.25, -0.2) is 4.79 Å². The van der Waals surface area contributed by atoms with Crippen LogP contribution in [0.1, 0.15) is 32.3 Å². The van der Waals surface area contributed by atoms with Crippen LogP contribution in [0, 0.1) is 5.92 Å². The molecule has 1 aliphatic heterocycles. The van der Waals surface area contributed by atoms with Crippen LogP contribution in [-0.4, -0.2) is 34.3 Å². The lowest BCUT2D eigenvalue weighted by atomic mass is 9.69. The number of H-pyrrole nitrogens is 1. The second kappa shape index (κ2) is 6.39. The van der Waals surface area contributed by atoms with Gasteiger partial charge in [0.25, 0.3) is 5.56 Å². The summed E-state index contributed by atoms with van der Waals surface area (Å²) in [4.78, 5) is 26.7. The van der Waals surface area contributed by atoms with E-state index in [1.54, 1.807) is 38.1 Å². The van der Waals surface area contributed by atoms with Crippen molar-refractivity contribution in [3.63, 3.8) is 0 Å². The van der Waals surface area contributed by atoms with Crippen LogP contribution < -0.4 is 5.56 Å². The number of rotatable bonds is 3. The summed E-state index contributed by atoms with van der Waals surface area (Å²) < 4.78 is 11.5. The van der Waals surface area contributed by atoms with E-state index >= 15 is 0 Å².